The summed E-state index contributed by atoms with van der Waals surface area (Å²) in [5.74, 6) is -0.560. The molecule has 6 heteroatoms. The van der Waals surface area contributed by atoms with Gasteiger partial charge in [-0.15, -0.1) is 0 Å². The predicted octanol–water partition coefficient (Wildman–Crippen LogP) is 1.50. The zero-order valence-electron chi connectivity index (χ0n) is 15.1. The van der Waals surface area contributed by atoms with E-state index in [1.54, 1.807) is 0 Å². The van der Waals surface area contributed by atoms with Gasteiger partial charge < -0.3 is 10.0 Å². The van der Waals surface area contributed by atoms with Crippen molar-refractivity contribution in [1.29, 1.82) is 0 Å². The van der Waals surface area contributed by atoms with E-state index < -0.39 is 5.97 Å². The van der Waals surface area contributed by atoms with E-state index in [1.165, 1.54) is 0 Å². The molecule has 2 atom stereocenters. The van der Waals surface area contributed by atoms with E-state index >= 15 is 0 Å². The summed E-state index contributed by atoms with van der Waals surface area (Å²) in [5, 5.41) is 8.93. The number of likely N-dealkylation sites (N-methyl/N-ethyl adjacent to an activating group) is 2. The Morgan fingerprint density at radius 3 is 2.35 bits per heavy atom. The van der Waals surface area contributed by atoms with Crippen LogP contribution in [0.2, 0.25) is 0 Å². The minimum absolute atomic E-state index is 0.0294. The molecule has 0 aliphatic carbocycles. The summed E-state index contributed by atoms with van der Waals surface area (Å²) in [6, 6.07) is 0.218. The molecule has 1 N–H and O–H groups in total. The number of carboxylic acids is 1. The quantitative estimate of drug-likeness (QED) is 0.732. The lowest BCUT2D eigenvalue weighted by Crippen LogP contribution is -2.49. The first-order valence-corrected chi connectivity index (χ1v) is 8.89. The number of carbonyl (C=O) groups excluding carboxylic acids is 1. The van der Waals surface area contributed by atoms with Crippen LogP contribution in [-0.4, -0.2) is 83.5 Å². The average Bonchev–Trinajstić information content (AvgIpc) is 2.77. The molecule has 0 bridgehead atoms. The highest BCUT2D eigenvalue weighted by Crippen LogP contribution is 2.18. The van der Waals surface area contributed by atoms with Crippen molar-refractivity contribution in [2.75, 3.05) is 39.8 Å². The lowest BCUT2D eigenvalue weighted by Gasteiger charge is -2.32. The van der Waals surface area contributed by atoms with Gasteiger partial charge in [-0.3, -0.25) is 19.4 Å². The van der Waals surface area contributed by atoms with Crippen molar-refractivity contribution in [3.8, 4) is 0 Å². The monoisotopic (exact) mass is 327 g/mol. The smallest absolute Gasteiger partial charge is 0.317 e. The molecule has 2 unspecified atom stereocenters. The number of carboxylic acid groups (broad SMARTS) is 1. The molecule has 1 aliphatic rings. The Labute approximate surface area is 140 Å². The molecule has 1 saturated heterocycles. The van der Waals surface area contributed by atoms with Crippen molar-refractivity contribution in [2.24, 2.45) is 0 Å². The first-order valence-electron chi connectivity index (χ1n) is 8.89. The second-order valence-corrected chi connectivity index (χ2v) is 6.36. The third-order valence-electron chi connectivity index (χ3n) is 4.94. The first kappa shape index (κ1) is 19.9. The van der Waals surface area contributed by atoms with Gasteiger partial charge in [-0.1, -0.05) is 20.8 Å². The summed E-state index contributed by atoms with van der Waals surface area (Å²) in [7, 11) is 1.86. The summed E-state index contributed by atoms with van der Waals surface area (Å²) in [5.41, 5.74) is 0. The summed E-state index contributed by atoms with van der Waals surface area (Å²) in [4.78, 5) is 29.9. The van der Waals surface area contributed by atoms with Gasteiger partial charge in [-0.2, -0.15) is 0 Å². The molecule has 23 heavy (non-hydrogen) atoms. The molecule has 0 aromatic heterocycles. The highest BCUT2D eigenvalue weighted by atomic mass is 16.4. The lowest BCUT2D eigenvalue weighted by atomic mass is 10.1. The molecule has 0 aromatic rings. The molecule has 1 amide bonds. The third-order valence-corrected chi connectivity index (χ3v) is 4.94. The fourth-order valence-corrected chi connectivity index (χ4v) is 3.55. The number of rotatable bonds is 8. The SMILES string of the molecule is CCC(C(=O)N1CCCC(N(C)CC(=O)O)CC1)N(CC)CC. The van der Waals surface area contributed by atoms with Crippen molar-refractivity contribution >= 4 is 11.9 Å². The van der Waals surface area contributed by atoms with Gasteiger partial charge in [0.05, 0.1) is 12.6 Å². The number of hydrogen-bond acceptors (Lipinski definition) is 4. The topological polar surface area (TPSA) is 64.1 Å². The zero-order chi connectivity index (χ0) is 17.4. The van der Waals surface area contributed by atoms with Crippen LogP contribution < -0.4 is 0 Å². The Morgan fingerprint density at radius 2 is 1.83 bits per heavy atom. The van der Waals surface area contributed by atoms with Gasteiger partial charge in [0.2, 0.25) is 5.91 Å². The maximum absolute atomic E-state index is 12.9. The minimum Gasteiger partial charge on any atom is -0.480 e. The van der Waals surface area contributed by atoms with Crippen LogP contribution in [-0.2, 0) is 9.59 Å². The van der Waals surface area contributed by atoms with E-state index in [9.17, 15) is 9.59 Å². The predicted molar refractivity (Wildman–Crippen MR) is 91.5 cm³/mol. The Bertz CT molecular complexity index is 385. The van der Waals surface area contributed by atoms with Crippen molar-refractivity contribution in [1.82, 2.24) is 14.7 Å². The Morgan fingerprint density at radius 1 is 1.17 bits per heavy atom. The van der Waals surface area contributed by atoms with Crippen LogP contribution >= 0.6 is 0 Å². The average molecular weight is 327 g/mol. The van der Waals surface area contributed by atoms with Crippen LogP contribution in [0.4, 0.5) is 0 Å². The summed E-state index contributed by atoms with van der Waals surface area (Å²) in [6.07, 6.45) is 3.58. The molecular formula is C17H33N3O3. The summed E-state index contributed by atoms with van der Waals surface area (Å²) < 4.78 is 0. The van der Waals surface area contributed by atoms with Crippen LogP contribution in [0.15, 0.2) is 0 Å². The second-order valence-electron chi connectivity index (χ2n) is 6.36. The van der Waals surface area contributed by atoms with Gasteiger partial charge in [-0.25, -0.2) is 0 Å². The van der Waals surface area contributed by atoms with E-state index in [0.717, 1.165) is 51.9 Å². The molecule has 1 fully saturated rings. The normalized spacial score (nSPS) is 20.6. The summed E-state index contributed by atoms with van der Waals surface area (Å²) >= 11 is 0. The fraction of sp³-hybridized carbons (Fsp3) is 0.882. The van der Waals surface area contributed by atoms with Crippen molar-refractivity contribution in [2.45, 2.75) is 58.5 Å². The van der Waals surface area contributed by atoms with Crippen LogP contribution in [0.5, 0.6) is 0 Å². The van der Waals surface area contributed by atoms with E-state index in [2.05, 4.69) is 25.7 Å². The lowest BCUT2D eigenvalue weighted by molar-refractivity contribution is -0.139. The number of amides is 1. The highest BCUT2D eigenvalue weighted by molar-refractivity contribution is 5.81. The van der Waals surface area contributed by atoms with Crippen LogP contribution in [0.1, 0.15) is 46.5 Å². The molecule has 1 aliphatic heterocycles. The number of hydrogen-bond donors (Lipinski definition) is 1. The molecule has 0 radical (unpaired) electrons. The Hall–Kier alpha value is -1.14. The van der Waals surface area contributed by atoms with Crippen molar-refractivity contribution < 1.29 is 14.7 Å². The van der Waals surface area contributed by atoms with Crippen LogP contribution in [0.3, 0.4) is 0 Å². The molecule has 0 saturated carbocycles. The maximum Gasteiger partial charge on any atom is 0.317 e. The highest BCUT2D eigenvalue weighted by Gasteiger charge is 2.29. The van der Waals surface area contributed by atoms with E-state index in [0.29, 0.717) is 0 Å². The Kier molecular flexibility index (Phi) is 8.55. The first-order chi connectivity index (χ1) is 10.9. The van der Waals surface area contributed by atoms with E-state index in [-0.39, 0.29) is 24.5 Å². The summed E-state index contributed by atoms with van der Waals surface area (Å²) in [6.45, 7) is 9.62. The molecule has 0 aromatic carbocycles. The number of carbonyl (C=O) groups is 2. The number of likely N-dealkylation sites (tertiary alicyclic amines) is 1. The van der Waals surface area contributed by atoms with Crippen molar-refractivity contribution in [3.05, 3.63) is 0 Å². The third kappa shape index (κ3) is 5.77. The number of nitrogens with zero attached hydrogens (tertiary/aromatic N) is 3. The largest absolute Gasteiger partial charge is 0.480 e. The van der Waals surface area contributed by atoms with Crippen LogP contribution in [0, 0.1) is 0 Å². The number of aliphatic carboxylic acids is 1. The van der Waals surface area contributed by atoms with Crippen LogP contribution in [0.25, 0.3) is 0 Å². The van der Waals surface area contributed by atoms with Gasteiger partial charge >= 0.3 is 5.97 Å². The standard InChI is InChI=1S/C17H33N3O3/c1-5-15(19(6-2)7-3)17(23)20-11-8-9-14(10-12-20)18(4)13-16(21)22/h14-15H,5-13H2,1-4H3,(H,21,22). The van der Waals surface area contributed by atoms with E-state index in [1.807, 2.05) is 16.8 Å². The van der Waals surface area contributed by atoms with Gasteiger partial charge in [0.1, 0.15) is 0 Å². The van der Waals surface area contributed by atoms with Gasteiger partial charge in [0.25, 0.3) is 0 Å². The minimum atomic E-state index is -0.794. The van der Waals surface area contributed by atoms with E-state index in [4.69, 9.17) is 5.11 Å². The molecule has 1 heterocycles. The Balaban J connectivity index is 2.65. The van der Waals surface area contributed by atoms with Gasteiger partial charge in [-0.05, 0) is 45.8 Å². The fourth-order valence-electron chi connectivity index (χ4n) is 3.55. The molecule has 6 nitrogen and oxygen atoms in total. The second kappa shape index (κ2) is 9.88. The molecule has 0 spiro atoms. The molecule has 134 valence electrons. The molecule has 1 rings (SSSR count). The molecular weight excluding hydrogens is 294 g/mol. The van der Waals surface area contributed by atoms with Crippen molar-refractivity contribution in [3.63, 3.8) is 0 Å². The van der Waals surface area contributed by atoms with Gasteiger partial charge in [0, 0.05) is 19.1 Å². The zero-order valence-corrected chi connectivity index (χ0v) is 15.1. The van der Waals surface area contributed by atoms with Gasteiger partial charge in [0.15, 0.2) is 0 Å². The maximum atomic E-state index is 12.9.